The third-order valence-corrected chi connectivity index (χ3v) is 5.67. The molecular formula is C17H22N6O2S. The Morgan fingerprint density at radius 2 is 1.85 bits per heavy atom. The molecular weight excluding hydrogens is 352 g/mol. The second kappa shape index (κ2) is 7.55. The zero-order valence-electron chi connectivity index (χ0n) is 14.8. The van der Waals surface area contributed by atoms with Gasteiger partial charge in [0, 0.05) is 45.5 Å². The third-order valence-electron chi connectivity index (χ3n) is 4.75. The first-order valence-electron chi connectivity index (χ1n) is 8.82. The van der Waals surface area contributed by atoms with E-state index in [1.165, 1.54) is 11.3 Å². The number of amides is 1. The molecule has 0 aliphatic carbocycles. The van der Waals surface area contributed by atoms with Crippen molar-refractivity contribution >= 4 is 29.0 Å². The predicted octanol–water partition coefficient (Wildman–Crippen LogP) is 1.04. The van der Waals surface area contributed by atoms with Gasteiger partial charge < -0.3 is 19.4 Å². The first-order chi connectivity index (χ1) is 12.7. The fourth-order valence-corrected chi connectivity index (χ4v) is 3.99. The predicted molar refractivity (Wildman–Crippen MR) is 100 cm³/mol. The summed E-state index contributed by atoms with van der Waals surface area (Å²) in [5.74, 6) is 1.76. The number of ether oxygens (including phenoxy) is 1. The lowest BCUT2D eigenvalue weighted by atomic mass is 10.2. The van der Waals surface area contributed by atoms with Gasteiger partial charge in [-0.1, -0.05) is 0 Å². The van der Waals surface area contributed by atoms with E-state index in [1.54, 1.807) is 5.51 Å². The smallest absolute Gasteiger partial charge is 0.265 e. The Morgan fingerprint density at radius 3 is 2.54 bits per heavy atom. The number of hydrogen-bond donors (Lipinski definition) is 0. The van der Waals surface area contributed by atoms with Gasteiger partial charge in [0.2, 0.25) is 5.95 Å². The summed E-state index contributed by atoms with van der Waals surface area (Å²) in [6.45, 7) is 7.86. The normalized spacial score (nSPS) is 18.3. The van der Waals surface area contributed by atoms with E-state index in [9.17, 15) is 4.79 Å². The van der Waals surface area contributed by atoms with Crippen molar-refractivity contribution in [3.63, 3.8) is 0 Å². The number of aryl methyl sites for hydroxylation is 1. The van der Waals surface area contributed by atoms with Crippen LogP contribution in [0.4, 0.5) is 11.8 Å². The minimum absolute atomic E-state index is 0.0846. The van der Waals surface area contributed by atoms with Gasteiger partial charge in [0.1, 0.15) is 10.7 Å². The standard InChI is InChI=1S/C17H22N6O2S/c1-13-15(26-12-19-13)16(24)22-6-4-21(5-7-22)14-2-3-18-17(20-14)23-8-10-25-11-9-23/h2-3,12H,4-11H2,1H3. The molecule has 0 radical (unpaired) electrons. The Kier molecular flexibility index (Phi) is 4.98. The molecule has 2 saturated heterocycles. The molecule has 2 aromatic heterocycles. The van der Waals surface area contributed by atoms with E-state index in [4.69, 9.17) is 9.72 Å². The zero-order valence-corrected chi connectivity index (χ0v) is 15.6. The number of anilines is 2. The van der Waals surface area contributed by atoms with Crippen LogP contribution in [0.15, 0.2) is 17.8 Å². The largest absolute Gasteiger partial charge is 0.378 e. The second-order valence-electron chi connectivity index (χ2n) is 6.36. The Labute approximate surface area is 156 Å². The number of piperazine rings is 1. The monoisotopic (exact) mass is 374 g/mol. The van der Waals surface area contributed by atoms with Gasteiger partial charge >= 0.3 is 0 Å². The molecule has 0 N–H and O–H groups in total. The summed E-state index contributed by atoms with van der Waals surface area (Å²) in [7, 11) is 0. The van der Waals surface area contributed by atoms with Crippen LogP contribution < -0.4 is 9.80 Å². The molecule has 4 heterocycles. The van der Waals surface area contributed by atoms with Crippen LogP contribution in [-0.4, -0.2) is 78.2 Å². The van der Waals surface area contributed by atoms with Crippen LogP contribution in [0.5, 0.6) is 0 Å². The molecule has 8 nitrogen and oxygen atoms in total. The lowest BCUT2D eigenvalue weighted by Gasteiger charge is -2.35. The first kappa shape index (κ1) is 17.2. The molecule has 2 aliphatic heterocycles. The van der Waals surface area contributed by atoms with Gasteiger partial charge in [-0.25, -0.2) is 9.97 Å². The SMILES string of the molecule is Cc1ncsc1C(=O)N1CCN(c2ccnc(N3CCOCC3)n2)CC1. The van der Waals surface area contributed by atoms with Gasteiger partial charge in [-0.3, -0.25) is 4.79 Å². The molecule has 2 fully saturated rings. The van der Waals surface area contributed by atoms with Crippen molar-refractivity contribution in [1.82, 2.24) is 19.9 Å². The van der Waals surface area contributed by atoms with Crippen molar-refractivity contribution in [2.24, 2.45) is 0 Å². The molecule has 0 saturated carbocycles. The lowest BCUT2D eigenvalue weighted by molar-refractivity contribution is 0.0750. The molecule has 2 aliphatic rings. The van der Waals surface area contributed by atoms with Gasteiger partial charge in [0.05, 0.1) is 24.4 Å². The average molecular weight is 374 g/mol. The zero-order chi connectivity index (χ0) is 17.9. The highest BCUT2D eigenvalue weighted by molar-refractivity contribution is 7.11. The van der Waals surface area contributed by atoms with E-state index in [1.807, 2.05) is 24.1 Å². The topological polar surface area (TPSA) is 74.7 Å². The van der Waals surface area contributed by atoms with Crippen molar-refractivity contribution in [2.75, 3.05) is 62.3 Å². The fourth-order valence-electron chi connectivity index (χ4n) is 3.22. The molecule has 2 aromatic rings. The second-order valence-corrected chi connectivity index (χ2v) is 7.22. The maximum Gasteiger partial charge on any atom is 0.265 e. The molecule has 9 heteroatoms. The van der Waals surface area contributed by atoms with Crippen LogP contribution in [0.2, 0.25) is 0 Å². The van der Waals surface area contributed by atoms with E-state index in [2.05, 4.69) is 19.8 Å². The van der Waals surface area contributed by atoms with E-state index < -0.39 is 0 Å². The van der Waals surface area contributed by atoms with Gasteiger partial charge in [-0.05, 0) is 13.0 Å². The number of carbonyl (C=O) groups excluding carboxylic acids is 1. The van der Waals surface area contributed by atoms with Crippen molar-refractivity contribution in [2.45, 2.75) is 6.92 Å². The van der Waals surface area contributed by atoms with E-state index in [-0.39, 0.29) is 5.91 Å². The van der Waals surface area contributed by atoms with Crippen molar-refractivity contribution in [3.8, 4) is 0 Å². The molecule has 26 heavy (non-hydrogen) atoms. The number of rotatable bonds is 3. The summed E-state index contributed by atoms with van der Waals surface area (Å²) in [5, 5.41) is 0. The molecule has 0 unspecified atom stereocenters. The Bertz CT molecular complexity index is 768. The molecule has 0 spiro atoms. The van der Waals surface area contributed by atoms with Crippen molar-refractivity contribution in [3.05, 3.63) is 28.3 Å². The third kappa shape index (κ3) is 3.49. The number of thiazole rings is 1. The number of aromatic nitrogens is 3. The fraction of sp³-hybridized carbons (Fsp3) is 0.529. The maximum atomic E-state index is 12.6. The van der Waals surface area contributed by atoms with Crippen molar-refractivity contribution in [1.29, 1.82) is 0 Å². The minimum atomic E-state index is 0.0846. The highest BCUT2D eigenvalue weighted by Crippen LogP contribution is 2.20. The van der Waals surface area contributed by atoms with Crippen LogP contribution >= 0.6 is 11.3 Å². The van der Waals surface area contributed by atoms with E-state index in [0.29, 0.717) is 26.3 Å². The average Bonchev–Trinajstić information content (AvgIpc) is 3.14. The quantitative estimate of drug-likeness (QED) is 0.795. The molecule has 138 valence electrons. The van der Waals surface area contributed by atoms with Crippen LogP contribution in [0.1, 0.15) is 15.4 Å². The highest BCUT2D eigenvalue weighted by atomic mass is 32.1. The van der Waals surface area contributed by atoms with Gasteiger partial charge in [0.15, 0.2) is 0 Å². The first-order valence-corrected chi connectivity index (χ1v) is 9.70. The summed E-state index contributed by atoms with van der Waals surface area (Å²) < 4.78 is 5.39. The molecule has 0 aromatic carbocycles. The van der Waals surface area contributed by atoms with Crippen LogP contribution in [0, 0.1) is 6.92 Å². The lowest BCUT2D eigenvalue weighted by Crippen LogP contribution is -2.49. The molecule has 0 bridgehead atoms. The maximum absolute atomic E-state index is 12.6. The van der Waals surface area contributed by atoms with Crippen molar-refractivity contribution < 1.29 is 9.53 Å². The van der Waals surface area contributed by atoms with Gasteiger partial charge in [0.25, 0.3) is 5.91 Å². The highest BCUT2D eigenvalue weighted by Gasteiger charge is 2.25. The van der Waals surface area contributed by atoms with E-state index in [0.717, 1.165) is 48.5 Å². The number of hydrogen-bond acceptors (Lipinski definition) is 8. The Morgan fingerprint density at radius 1 is 1.08 bits per heavy atom. The minimum Gasteiger partial charge on any atom is -0.378 e. The summed E-state index contributed by atoms with van der Waals surface area (Å²) in [5.41, 5.74) is 2.54. The van der Waals surface area contributed by atoms with Gasteiger partial charge in [-0.15, -0.1) is 11.3 Å². The Hall–Kier alpha value is -2.26. The molecule has 0 atom stereocenters. The summed E-state index contributed by atoms with van der Waals surface area (Å²) in [4.78, 5) is 33.0. The number of morpholine rings is 1. The number of nitrogens with zero attached hydrogens (tertiary/aromatic N) is 6. The number of carbonyl (C=O) groups is 1. The Balaban J connectivity index is 1.40. The summed E-state index contributed by atoms with van der Waals surface area (Å²) in [6, 6.07) is 1.94. The van der Waals surface area contributed by atoms with Crippen LogP contribution in [0.25, 0.3) is 0 Å². The van der Waals surface area contributed by atoms with Crippen LogP contribution in [-0.2, 0) is 4.74 Å². The summed E-state index contributed by atoms with van der Waals surface area (Å²) in [6.07, 6.45) is 1.81. The molecule has 4 rings (SSSR count). The van der Waals surface area contributed by atoms with E-state index >= 15 is 0 Å². The van der Waals surface area contributed by atoms with Gasteiger partial charge in [-0.2, -0.15) is 4.98 Å². The molecule has 1 amide bonds. The summed E-state index contributed by atoms with van der Waals surface area (Å²) >= 11 is 1.41. The van der Waals surface area contributed by atoms with Crippen LogP contribution in [0.3, 0.4) is 0 Å².